The highest BCUT2D eigenvalue weighted by Crippen LogP contribution is 2.44. The van der Waals surface area contributed by atoms with Crippen molar-refractivity contribution < 1.29 is 18.1 Å². The molecule has 0 aromatic heterocycles. The summed E-state index contributed by atoms with van der Waals surface area (Å²) in [5.74, 6) is -2.41. The minimum atomic E-state index is -3.88. The lowest BCUT2D eigenvalue weighted by molar-refractivity contribution is -0.384. The van der Waals surface area contributed by atoms with Crippen LogP contribution in [0.4, 0.5) is 11.4 Å². The zero-order valence-corrected chi connectivity index (χ0v) is 19.9. The molecule has 0 spiro atoms. The summed E-state index contributed by atoms with van der Waals surface area (Å²) in [5.41, 5.74) is 1.09. The Hall–Kier alpha value is -4.06. The Kier molecular flexibility index (Phi) is 7.06. The number of carbonyl (C=O) groups excluding carboxylic acids is 1. The lowest BCUT2D eigenvalue weighted by Crippen LogP contribution is -2.32. The van der Waals surface area contributed by atoms with Crippen LogP contribution in [0.3, 0.4) is 0 Å². The number of nitrogens with one attached hydrogen (secondary N) is 1. The second kappa shape index (κ2) is 9.66. The molecular formula is C24H23N5O5S. The van der Waals surface area contributed by atoms with E-state index in [1.54, 1.807) is 0 Å². The summed E-state index contributed by atoms with van der Waals surface area (Å²) < 4.78 is 23.1. The summed E-state index contributed by atoms with van der Waals surface area (Å²) in [6, 6.07) is 15.0. The zero-order valence-electron chi connectivity index (χ0n) is 19.1. The van der Waals surface area contributed by atoms with Gasteiger partial charge >= 0.3 is 0 Å². The summed E-state index contributed by atoms with van der Waals surface area (Å²) in [6.07, 6.45) is 0.600. The molecule has 3 N–H and O–H groups in total. The number of anilines is 1. The van der Waals surface area contributed by atoms with Crippen molar-refractivity contribution in [2.75, 3.05) is 5.32 Å². The maximum absolute atomic E-state index is 13.4. The maximum Gasteiger partial charge on any atom is 0.269 e. The van der Waals surface area contributed by atoms with Gasteiger partial charge in [0.25, 0.3) is 5.69 Å². The fourth-order valence-electron chi connectivity index (χ4n) is 4.22. The molecule has 1 aliphatic carbocycles. The van der Waals surface area contributed by atoms with E-state index in [-0.39, 0.29) is 28.4 Å². The second-order valence-corrected chi connectivity index (χ2v) is 10.7. The van der Waals surface area contributed by atoms with E-state index in [2.05, 4.69) is 5.32 Å². The smallest absolute Gasteiger partial charge is 0.269 e. The van der Waals surface area contributed by atoms with E-state index in [9.17, 15) is 33.9 Å². The highest BCUT2D eigenvalue weighted by molar-refractivity contribution is 7.89. The van der Waals surface area contributed by atoms with Crippen molar-refractivity contribution >= 4 is 27.2 Å². The van der Waals surface area contributed by atoms with E-state index in [1.807, 2.05) is 26.0 Å². The Morgan fingerprint density at radius 3 is 2.11 bits per heavy atom. The predicted molar refractivity (Wildman–Crippen MR) is 127 cm³/mol. The summed E-state index contributed by atoms with van der Waals surface area (Å²) in [5, 5.41) is 38.8. The van der Waals surface area contributed by atoms with Gasteiger partial charge in [-0.15, -0.1) is 0 Å². The van der Waals surface area contributed by atoms with Crippen molar-refractivity contribution in [3.8, 4) is 12.1 Å². The van der Waals surface area contributed by atoms with Gasteiger partial charge < -0.3 is 5.32 Å². The van der Waals surface area contributed by atoms with Crippen LogP contribution >= 0.6 is 0 Å². The van der Waals surface area contributed by atoms with Gasteiger partial charge in [-0.1, -0.05) is 26.0 Å². The number of non-ortho nitro benzene ring substituents is 1. The first-order valence-electron chi connectivity index (χ1n) is 10.6. The van der Waals surface area contributed by atoms with Gasteiger partial charge in [-0.05, 0) is 41.7 Å². The van der Waals surface area contributed by atoms with E-state index in [0.717, 1.165) is 0 Å². The summed E-state index contributed by atoms with van der Waals surface area (Å²) in [6.45, 7) is 3.83. The molecule has 35 heavy (non-hydrogen) atoms. The standard InChI is InChI=1S/C24H23N5O5S/c1-24(2)11-20(28-17-5-9-19(10-6-17)35(27,33)34)23(21(30)12-24)22(16(13-25)14-26)15-3-7-18(8-4-15)29(31)32/h3-10,16,22,28H,11-12H2,1-2H3,(H2,27,33,34). The van der Waals surface area contributed by atoms with Crippen LogP contribution in [-0.2, 0) is 14.8 Å². The molecule has 0 saturated carbocycles. The lowest BCUT2D eigenvalue weighted by Gasteiger charge is -2.36. The van der Waals surface area contributed by atoms with Gasteiger partial charge in [0, 0.05) is 41.4 Å². The topological polar surface area (TPSA) is 180 Å². The third-order valence-electron chi connectivity index (χ3n) is 5.78. The Morgan fingerprint density at radius 2 is 1.63 bits per heavy atom. The van der Waals surface area contributed by atoms with Gasteiger partial charge in [0.05, 0.1) is 22.0 Å². The summed E-state index contributed by atoms with van der Waals surface area (Å²) in [7, 11) is -3.88. The monoisotopic (exact) mass is 493 g/mol. The van der Waals surface area contributed by atoms with Gasteiger partial charge in [0.15, 0.2) is 5.78 Å². The number of nitriles is 2. The Morgan fingerprint density at radius 1 is 1.06 bits per heavy atom. The van der Waals surface area contributed by atoms with Crippen LogP contribution in [0.2, 0.25) is 0 Å². The molecular weight excluding hydrogens is 470 g/mol. The number of nitro benzene ring substituents is 1. The Bertz CT molecular complexity index is 1370. The van der Waals surface area contributed by atoms with Crippen molar-refractivity contribution in [2.45, 2.75) is 37.5 Å². The third-order valence-corrected chi connectivity index (χ3v) is 6.71. The molecule has 1 atom stereocenters. The fraction of sp³-hybridized carbons (Fsp3) is 0.292. The molecule has 2 aromatic carbocycles. The molecule has 1 unspecified atom stereocenters. The van der Waals surface area contributed by atoms with Crippen molar-refractivity contribution in [1.29, 1.82) is 10.5 Å². The molecule has 1 aliphatic rings. The molecule has 2 aromatic rings. The molecule has 0 aliphatic heterocycles. The highest BCUT2D eigenvalue weighted by atomic mass is 32.2. The maximum atomic E-state index is 13.4. The number of Topliss-reactive ketones (excluding diaryl/α,β-unsaturated/α-hetero) is 1. The molecule has 0 heterocycles. The van der Waals surface area contributed by atoms with Gasteiger partial charge in [0.2, 0.25) is 10.0 Å². The number of nitrogens with zero attached hydrogens (tertiary/aromatic N) is 3. The normalized spacial score (nSPS) is 16.3. The molecule has 0 radical (unpaired) electrons. The molecule has 0 bridgehead atoms. The lowest BCUT2D eigenvalue weighted by atomic mass is 9.69. The molecule has 0 fully saturated rings. The number of nitro groups is 1. The summed E-state index contributed by atoms with van der Waals surface area (Å²) >= 11 is 0. The first-order chi connectivity index (χ1) is 16.4. The van der Waals surface area contributed by atoms with Crippen molar-refractivity contribution in [2.24, 2.45) is 16.5 Å². The van der Waals surface area contributed by atoms with Crippen LogP contribution in [0.1, 0.15) is 38.2 Å². The van der Waals surface area contributed by atoms with Crippen LogP contribution in [0, 0.1) is 44.1 Å². The van der Waals surface area contributed by atoms with Crippen LogP contribution in [-0.4, -0.2) is 19.1 Å². The molecule has 11 heteroatoms. The Balaban J connectivity index is 2.17. The van der Waals surface area contributed by atoms with Crippen molar-refractivity contribution in [3.63, 3.8) is 0 Å². The molecule has 0 saturated heterocycles. The van der Waals surface area contributed by atoms with Gasteiger partial charge in [0.1, 0.15) is 5.92 Å². The van der Waals surface area contributed by atoms with Crippen molar-refractivity contribution in [1.82, 2.24) is 0 Å². The van der Waals surface area contributed by atoms with Crippen LogP contribution < -0.4 is 10.5 Å². The number of hydrogen-bond donors (Lipinski definition) is 2. The van der Waals surface area contributed by atoms with E-state index in [1.165, 1.54) is 48.5 Å². The van der Waals surface area contributed by atoms with Gasteiger partial charge in [-0.2, -0.15) is 10.5 Å². The quantitative estimate of drug-likeness (QED) is 0.432. The average molecular weight is 494 g/mol. The van der Waals surface area contributed by atoms with Gasteiger partial charge in [-0.3, -0.25) is 14.9 Å². The number of sulfonamides is 1. The molecule has 3 rings (SSSR count). The number of benzene rings is 2. The first kappa shape index (κ1) is 25.6. The van der Waals surface area contributed by atoms with E-state index < -0.39 is 32.2 Å². The number of ketones is 1. The predicted octanol–water partition coefficient (Wildman–Crippen LogP) is 3.74. The fourth-order valence-corrected chi connectivity index (χ4v) is 4.73. The van der Waals surface area contributed by atoms with Crippen LogP contribution in [0.25, 0.3) is 0 Å². The molecule has 10 nitrogen and oxygen atoms in total. The SMILES string of the molecule is CC1(C)CC(=O)C(C(c2ccc([N+](=O)[O-])cc2)C(C#N)C#N)=C(Nc2ccc(S(N)(=O)=O)cc2)C1. The van der Waals surface area contributed by atoms with Gasteiger partial charge in [-0.25, -0.2) is 13.6 Å². The number of hydrogen-bond acceptors (Lipinski definition) is 8. The number of allylic oxidation sites excluding steroid dienone is 2. The van der Waals surface area contributed by atoms with E-state index in [4.69, 9.17) is 5.14 Å². The molecule has 180 valence electrons. The Labute approximate surface area is 202 Å². The molecule has 0 amide bonds. The highest BCUT2D eigenvalue weighted by Gasteiger charge is 2.40. The average Bonchev–Trinajstić information content (AvgIpc) is 2.77. The largest absolute Gasteiger partial charge is 0.359 e. The minimum Gasteiger partial charge on any atom is -0.359 e. The third kappa shape index (κ3) is 5.72. The number of primary sulfonamides is 1. The number of carbonyl (C=O) groups is 1. The second-order valence-electron chi connectivity index (χ2n) is 9.09. The van der Waals surface area contributed by atoms with E-state index in [0.29, 0.717) is 23.4 Å². The number of rotatable bonds is 7. The number of nitrogens with two attached hydrogens (primary N) is 1. The minimum absolute atomic E-state index is 0.0740. The zero-order chi connectivity index (χ0) is 26.0. The summed E-state index contributed by atoms with van der Waals surface area (Å²) in [4.78, 5) is 23.8. The van der Waals surface area contributed by atoms with Crippen molar-refractivity contribution in [3.05, 3.63) is 75.5 Å². The van der Waals surface area contributed by atoms with Crippen LogP contribution in [0.5, 0.6) is 0 Å². The first-order valence-corrected chi connectivity index (χ1v) is 12.1. The van der Waals surface area contributed by atoms with E-state index >= 15 is 0 Å². The van der Waals surface area contributed by atoms with Crippen LogP contribution in [0.15, 0.2) is 64.7 Å².